The first-order valence-electron chi connectivity index (χ1n) is 6.08. The summed E-state index contributed by atoms with van der Waals surface area (Å²) in [5.41, 5.74) is -0.216. The van der Waals surface area contributed by atoms with E-state index in [0.29, 0.717) is 25.0 Å². The first-order valence-corrected chi connectivity index (χ1v) is 7.07. The van der Waals surface area contributed by atoms with Gasteiger partial charge >= 0.3 is 12.1 Å². The highest BCUT2D eigenvalue weighted by molar-refractivity contribution is 7.99. The number of fused-ring (bicyclic) bond motifs is 1. The fraction of sp³-hybridized carbons (Fsp3) is 0.583. The number of aromatic nitrogens is 2. The number of esters is 1. The van der Waals surface area contributed by atoms with Gasteiger partial charge in [-0.15, -0.1) is 0 Å². The molecule has 0 radical (unpaired) electrons. The molecule has 2 rings (SSSR count). The predicted molar refractivity (Wildman–Crippen MR) is 66.4 cm³/mol. The van der Waals surface area contributed by atoms with Crippen LogP contribution in [0, 0.1) is 0 Å². The van der Waals surface area contributed by atoms with Crippen LogP contribution >= 0.6 is 11.8 Å². The lowest BCUT2D eigenvalue weighted by Crippen LogP contribution is -2.19. The second kappa shape index (κ2) is 5.99. The summed E-state index contributed by atoms with van der Waals surface area (Å²) in [5, 5.41) is -0.0247. The smallest absolute Gasteiger partial charge is 0.433 e. The van der Waals surface area contributed by atoms with Crippen molar-refractivity contribution in [3.05, 3.63) is 17.0 Å². The van der Waals surface area contributed by atoms with Gasteiger partial charge in [-0.25, -0.2) is 9.97 Å². The Bertz CT molecular complexity index is 520. The number of rotatable bonds is 3. The van der Waals surface area contributed by atoms with Crippen LogP contribution in [0.3, 0.4) is 0 Å². The molecule has 8 heteroatoms. The lowest BCUT2D eigenvalue weighted by Gasteiger charge is -2.20. The van der Waals surface area contributed by atoms with Crippen molar-refractivity contribution in [2.75, 3.05) is 12.9 Å². The lowest BCUT2D eigenvalue weighted by atomic mass is 9.94. The molecule has 1 heterocycles. The van der Waals surface area contributed by atoms with Gasteiger partial charge in [0.1, 0.15) is 0 Å². The third kappa shape index (κ3) is 3.41. The number of carbonyl (C=O) groups is 1. The van der Waals surface area contributed by atoms with Crippen molar-refractivity contribution in [1.82, 2.24) is 9.97 Å². The normalized spacial score (nSPS) is 14.8. The number of thioether (sulfide) groups is 1. The Kier molecular flexibility index (Phi) is 4.52. The SMILES string of the molecule is COC(=O)CSc1nc2c(c(C(F)(F)F)n1)CCCC2. The predicted octanol–water partition coefficient (Wildman–Crippen LogP) is 2.64. The minimum atomic E-state index is -4.50. The van der Waals surface area contributed by atoms with Crippen molar-refractivity contribution in [2.45, 2.75) is 37.0 Å². The zero-order valence-corrected chi connectivity index (χ0v) is 11.6. The van der Waals surface area contributed by atoms with Crippen molar-refractivity contribution >= 4 is 17.7 Å². The molecule has 1 aliphatic rings. The molecule has 4 nitrogen and oxygen atoms in total. The standard InChI is InChI=1S/C12H13F3N2O2S/c1-19-9(18)6-20-11-16-8-5-3-2-4-7(8)10(17-11)12(13,14)15/h2-6H2,1H3. The summed E-state index contributed by atoms with van der Waals surface area (Å²) in [6.07, 6.45) is -2.08. The number of halogens is 3. The van der Waals surface area contributed by atoms with Crippen LogP contribution in [0.25, 0.3) is 0 Å². The molecular weight excluding hydrogens is 293 g/mol. The molecule has 20 heavy (non-hydrogen) atoms. The molecule has 1 aliphatic carbocycles. The van der Waals surface area contributed by atoms with E-state index >= 15 is 0 Å². The van der Waals surface area contributed by atoms with Crippen LogP contribution in [-0.4, -0.2) is 28.8 Å². The molecule has 0 saturated carbocycles. The Morgan fingerprint density at radius 2 is 2.00 bits per heavy atom. The molecule has 0 atom stereocenters. The van der Waals surface area contributed by atoms with Crippen LogP contribution in [-0.2, 0) is 28.5 Å². The Hall–Kier alpha value is -1.31. The fourth-order valence-electron chi connectivity index (χ4n) is 2.05. The van der Waals surface area contributed by atoms with Gasteiger partial charge in [0.2, 0.25) is 0 Å². The molecule has 0 aliphatic heterocycles. The van der Waals surface area contributed by atoms with Gasteiger partial charge in [0.25, 0.3) is 0 Å². The number of alkyl halides is 3. The first-order chi connectivity index (χ1) is 9.41. The van der Waals surface area contributed by atoms with Crippen LogP contribution < -0.4 is 0 Å². The molecule has 0 saturated heterocycles. The van der Waals surface area contributed by atoms with Gasteiger partial charge in [-0.3, -0.25) is 4.79 Å². The summed E-state index contributed by atoms with van der Waals surface area (Å²) in [6, 6.07) is 0. The summed E-state index contributed by atoms with van der Waals surface area (Å²) in [5.74, 6) is -0.628. The Morgan fingerprint density at radius 1 is 1.30 bits per heavy atom. The Labute approximate surface area is 118 Å². The number of hydrogen-bond donors (Lipinski definition) is 0. The quantitative estimate of drug-likeness (QED) is 0.488. The second-order valence-corrected chi connectivity index (χ2v) is 5.29. The van der Waals surface area contributed by atoms with Crippen LogP contribution in [0.1, 0.15) is 29.8 Å². The molecule has 0 aromatic carbocycles. The van der Waals surface area contributed by atoms with E-state index in [2.05, 4.69) is 14.7 Å². The number of methoxy groups -OCH3 is 1. The number of hydrogen-bond acceptors (Lipinski definition) is 5. The highest BCUT2D eigenvalue weighted by atomic mass is 32.2. The summed E-state index contributed by atoms with van der Waals surface area (Å²) in [6.45, 7) is 0. The largest absolute Gasteiger partial charge is 0.468 e. The maximum Gasteiger partial charge on any atom is 0.433 e. The maximum absolute atomic E-state index is 13.0. The molecule has 0 amide bonds. The molecule has 0 N–H and O–H groups in total. The third-order valence-electron chi connectivity index (χ3n) is 2.98. The van der Waals surface area contributed by atoms with E-state index in [4.69, 9.17) is 0 Å². The van der Waals surface area contributed by atoms with Crippen molar-refractivity contribution in [2.24, 2.45) is 0 Å². The van der Waals surface area contributed by atoms with Gasteiger partial charge in [-0.1, -0.05) is 11.8 Å². The van der Waals surface area contributed by atoms with Gasteiger partial charge < -0.3 is 4.74 Å². The topological polar surface area (TPSA) is 52.1 Å². The van der Waals surface area contributed by atoms with Crippen LogP contribution in [0.15, 0.2) is 5.16 Å². The molecule has 0 bridgehead atoms. The van der Waals surface area contributed by atoms with E-state index in [1.54, 1.807) is 0 Å². The average Bonchev–Trinajstić information content (AvgIpc) is 2.42. The van der Waals surface area contributed by atoms with Gasteiger partial charge in [0, 0.05) is 11.3 Å². The highest BCUT2D eigenvalue weighted by Gasteiger charge is 2.38. The van der Waals surface area contributed by atoms with E-state index in [0.717, 1.165) is 18.2 Å². The number of ether oxygens (including phenoxy) is 1. The Balaban J connectivity index is 2.32. The van der Waals surface area contributed by atoms with E-state index in [-0.39, 0.29) is 16.5 Å². The van der Waals surface area contributed by atoms with Gasteiger partial charge in [-0.2, -0.15) is 13.2 Å². The second-order valence-electron chi connectivity index (χ2n) is 4.35. The average molecular weight is 306 g/mol. The van der Waals surface area contributed by atoms with Crippen LogP contribution in [0.4, 0.5) is 13.2 Å². The van der Waals surface area contributed by atoms with Gasteiger partial charge in [-0.05, 0) is 25.7 Å². The fourth-order valence-corrected chi connectivity index (χ4v) is 2.75. The van der Waals surface area contributed by atoms with Crippen molar-refractivity contribution in [3.63, 3.8) is 0 Å². The molecule has 110 valence electrons. The minimum Gasteiger partial charge on any atom is -0.468 e. The zero-order valence-electron chi connectivity index (χ0n) is 10.8. The summed E-state index contributed by atoms with van der Waals surface area (Å²) >= 11 is 0.859. The third-order valence-corrected chi connectivity index (χ3v) is 3.80. The minimum absolute atomic E-state index is 0.0247. The highest BCUT2D eigenvalue weighted by Crippen LogP contribution is 2.35. The van der Waals surface area contributed by atoms with Crippen LogP contribution in [0.2, 0.25) is 0 Å². The van der Waals surface area contributed by atoms with Crippen molar-refractivity contribution < 1.29 is 22.7 Å². The van der Waals surface area contributed by atoms with Crippen LogP contribution in [0.5, 0.6) is 0 Å². The maximum atomic E-state index is 13.0. The number of aryl methyl sites for hydroxylation is 1. The summed E-state index contributed by atoms with van der Waals surface area (Å²) in [4.78, 5) is 18.8. The van der Waals surface area contributed by atoms with Crippen molar-refractivity contribution in [3.8, 4) is 0 Å². The first kappa shape index (κ1) is 15.1. The molecule has 1 aromatic rings. The molecule has 0 unspecified atom stereocenters. The van der Waals surface area contributed by atoms with Gasteiger partial charge in [0.05, 0.1) is 12.9 Å². The summed E-state index contributed by atoms with van der Waals surface area (Å²) in [7, 11) is 1.22. The lowest BCUT2D eigenvalue weighted by molar-refractivity contribution is -0.142. The Morgan fingerprint density at radius 3 is 2.65 bits per heavy atom. The number of carbonyl (C=O) groups excluding carboxylic acids is 1. The molecule has 1 aromatic heterocycles. The van der Waals surface area contributed by atoms with E-state index < -0.39 is 17.8 Å². The van der Waals surface area contributed by atoms with E-state index in [1.165, 1.54) is 7.11 Å². The van der Waals surface area contributed by atoms with E-state index in [1.807, 2.05) is 0 Å². The number of nitrogens with zero attached hydrogens (tertiary/aromatic N) is 2. The molecular formula is C12H13F3N2O2S. The zero-order chi connectivity index (χ0) is 14.8. The molecule has 0 fully saturated rings. The van der Waals surface area contributed by atoms with E-state index in [9.17, 15) is 18.0 Å². The molecule has 0 spiro atoms. The summed E-state index contributed by atoms with van der Waals surface area (Å²) < 4.78 is 43.5. The van der Waals surface area contributed by atoms with Gasteiger partial charge in [0.15, 0.2) is 10.9 Å². The monoisotopic (exact) mass is 306 g/mol. The van der Waals surface area contributed by atoms with Crippen molar-refractivity contribution in [1.29, 1.82) is 0 Å².